The average Bonchev–Trinajstić information content (AvgIpc) is 2.67. The van der Waals surface area contributed by atoms with Crippen molar-refractivity contribution in [1.29, 1.82) is 0 Å². The van der Waals surface area contributed by atoms with Gasteiger partial charge >= 0.3 is 0 Å². The summed E-state index contributed by atoms with van der Waals surface area (Å²) in [5.74, 6) is 1.61. The molecule has 94 valence electrons. The van der Waals surface area contributed by atoms with Gasteiger partial charge in [-0.05, 0) is 11.6 Å². The Morgan fingerprint density at radius 2 is 1.19 bits per heavy atom. The third-order valence-electron chi connectivity index (χ3n) is 1.84. The third kappa shape index (κ3) is 5.52. The van der Waals surface area contributed by atoms with Gasteiger partial charge in [-0.1, -0.05) is 0 Å². The fourth-order valence-corrected chi connectivity index (χ4v) is 0.793. The van der Waals surface area contributed by atoms with Crippen LogP contribution >= 0.6 is 0 Å². The van der Waals surface area contributed by atoms with Crippen LogP contribution in [0.25, 0.3) is 0 Å². The summed E-state index contributed by atoms with van der Waals surface area (Å²) in [4.78, 5) is 7.74. The standard InChI is InChI=1S/2C5H7N2.2Ir/c2*1-5-6-3-4-7(5)2;;/h2*3-4H,1H2,2H3;;/q2*-1;;. The minimum atomic E-state index is 0. The van der Waals surface area contributed by atoms with Crippen LogP contribution < -0.4 is 0 Å². The summed E-state index contributed by atoms with van der Waals surface area (Å²) < 4.78 is 3.72. The topological polar surface area (TPSA) is 35.6 Å². The molecule has 0 spiro atoms. The fourth-order valence-electron chi connectivity index (χ4n) is 0.793. The van der Waals surface area contributed by atoms with E-state index in [1.165, 1.54) is 0 Å². The summed E-state index contributed by atoms with van der Waals surface area (Å²) in [5.41, 5.74) is 0. The van der Waals surface area contributed by atoms with Gasteiger partial charge in [-0.25, -0.2) is 0 Å². The molecule has 0 saturated carbocycles. The molecule has 4 nitrogen and oxygen atoms in total. The Kier molecular flexibility index (Phi) is 9.58. The van der Waals surface area contributed by atoms with Crippen molar-refractivity contribution in [3.63, 3.8) is 0 Å². The molecule has 0 unspecified atom stereocenters. The van der Waals surface area contributed by atoms with Crippen LogP contribution in [0, 0.1) is 13.8 Å². The maximum Gasteiger partial charge on any atom is 0.0419 e. The van der Waals surface area contributed by atoms with Crippen molar-refractivity contribution in [2.75, 3.05) is 0 Å². The summed E-state index contributed by atoms with van der Waals surface area (Å²) in [5, 5.41) is 0. The summed E-state index contributed by atoms with van der Waals surface area (Å²) in [6.07, 6.45) is 7.18. The minimum absolute atomic E-state index is 0. The van der Waals surface area contributed by atoms with E-state index in [9.17, 15) is 0 Å². The Hall–Kier alpha value is -0.541. The van der Waals surface area contributed by atoms with Crippen molar-refractivity contribution in [2.45, 2.75) is 0 Å². The summed E-state index contributed by atoms with van der Waals surface area (Å²) in [6.45, 7) is 7.26. The molecule has 2 radical (unpaired) electrons. The normalized spacial score (nSPS) is 8.12. The third-order valence-corrected chi connectivity index (χ3v) is 1.84. The Bertz CT molecular complexity index is 324. The van der Waals surface area contributed by atoms with Crippen LogP contribution in [0.5, 0.6) is 0 Å². The summed E-state index contributed by atoms with van der Waals surface area (Å²) in [7, 11) is 3.82. The molecule has 2 aromatic rings. The largest absolute Gasteiger partial charge is 0.364 e. The van der Waals surface area contributed by atoms with E-state index >= 15 is 0 Å². The zero-order valence-corrected chi connectivity index (χ0v) is 14.0. The molecule has 16 heavy (non-hydrogen) atoms. The Labute approximate surface area is 123 Å². The fraction of sp³-hybridized carbons (Fsp3) is 0.200. The van der Waals surface area contributed by atoms with Crippen molar-refractivity contribution in [3.8, 4) is 0 Å². The predicted molar refractivity (Wildman–Crippen MR) is 55.3 cm³/mol. The van der Waals surface area contributed by atoms with Crippen LogP contribution in [0.1, 0.15) is 11.6 Å². The smallest absolute Gasteiger partial charge is 0.0419 e. The molecule has 0 atom stereocenters. The second-order valence-corrected chi connectivity index (χ2v) is 2.91. The average molecular weight is 575 g/mol. The van der Waals surface area contributed by atoms with Crippen LogP contribution in [0.15, 0.2) is 24.8 Å². The molecule has 2 rings (SSSR count). The first-order chi connectivity index (χ1) is 6.61. The van der Waals surface area contributed by atoms with Crippen LogP contribution in [-0.2, 0) is 54.3 Å². The second-order valence-electron chi connectivity index (χ2n) is 2.91. The van der Waals surface area contributed by atoms with Gasteiger partial charge in [0.05, 0.1) is 0 Å². The van der Waals surface area contributed by atoms with E-state index in [-0.39, 0.29) is 40.2 Å². The molecule has 0 aromatic carbocycles. The van der Waals surface area contributed by atoms with Crippen LogP contribution in [0.2, 0.25) is 0 Å². The van der Waals surface area contributed by atoms with Gasteiger partial charge in [-0.3, -0.25) is 9.97 Å². The van der Waals surface area contributed by atoms with Gasteiger partial charge in [0.15, 0.2) is 0 Å². The van der Waals surface area contributed by atoms with Gasteiger partial charge < -0.3 is 23.0 Å². The number of nitrogens with zero attached hydrogens (tertiary/aromatic N) is 4. The number of aromatic nitrogens is 4. The Balaban J connectivity index is 0. The van der Waals surface area contributed by atoms with Crippen molar-refractivity contribution in [1.82, 2.24) is 19.1 Å². The molecule has 0 saturated heterocycles. The first kappa shape index (κ1) is 17.8. The monoisotopic (exact) mass is 576 g/mol. The Morgan fingerprint density at radius 3 is 1.25 bits per heavy atom. The maximum absolute atomic E-state index is 3.87. The van der Waals surface area contributed by atoms with Crippen molar-refractivity contribution in [3.05, 3.63) is 50.3 Å². The van der Waals surface area contributed by atoms with Crippen molar-refractivity contribution >= 4 is 0 Å². The zero-order chi connectivity index (χ0) is 10.6. The van der Waals surface area contributed by atoms with Crippen molar-refractivity contribution < 1.29 is 40.2 Å². The second kappa shape index (κ2) is 8.59. The van der Waals surface area contributed by atoms with E-state index < -0.39 is 0 Å². The molecule has 0 bridgehead atoms. The van der Waals surface area contributed by atoms with E-state index in [4.69, 9.17) is 0 Å². The van der Waals surface area contributed by atoms with Gasteiger partial charge in [0.1, 0.15) is 0 Å². The minimum Gasteiger partial charge on any atom is -0.364 e. The quantitative estimate of drug-likeness (QED) is 0.444. The molecule has 6 heteroatoms. The number of aryl methyl sites for hydroxylation is 2. The number of hydrogen-bond acceptors (Lipinski definition) is 2. The first-order valence-electron chi connectivity index (χ1n) is 4.20. The molecule has 0 amide bonds. The van der Waals surface area contributed by atoms with Gasteiger partial charge in [0, 0.05) is 79.1 Å². The molecule has 2 heterocycles. The number of rotatable bonds is 0. The Morgan fingerprint density at radius 1 is 0.875 bits per heavy atom. The summed E-state index contributed by atoms with van der Waals surface area (Å²) in [6, 6.07) is 0. The first-order valence-corrected chi connectivity index (χ1v) is 4.20. The van der Waals surface area contributed by atoms with E-state index in [2.05, 4.69) is 23.8 Å². The predicted octanol–water partition coefficient (Wildman–Crippen LogP) is 1.20. The molecular formula is C10H14Ir2N4-2. The molecule has 0 aliphatic rings. The molecule has 0 N–H and O–H groups in total. The zero-order valence-electron chi connectivity index (χ0n) is 9.18. The van der Waals surface area contributed by atoms with E-state index in [1.54, 1.807) is 12.4 Å². The SMILES string of the molecule is [CH2-]c1nccn1C.[CH2-]c1nccn1C.[Ir].[Ir]. The van der Waals surface area contributed by atoms with E-state index in [1.807, 2.05) is 35.6 Å². The van der Waals surface area contributed by atoms with Gasteiger partial charge in [-0.2, -0.15) is 0 Å². The van der Waals surface area contributed by atoms with Crippen molar-refractivity contribution in [2.24, 2.45) is 14.1 Å². The molecular weight excluding hydrogens is 561 g/mol. The van der Waals surface area contributed by atoms with Crippen LogP contribution in [0.3, 0.4) is 0 Å². The van der Waals surface area contributed by atoms with E-state index in [0.717, 1.165) is 11.6 Å². The van der Waals surface area contributed by atoms with Crippen LogP contribution in [-0.4, -0.2) is 19.1 Å². The number of imidazole rings is 2. The van der Waals surface area contributed by atoms with Gasteiger partial charge in [0.2, 0.25) is 0 Å². The van der Waals surface area contributed by atoms with E-state index in [0.29, 0.717) is 0 Å². The molecule has 0 fully saturated rings. The van der Waals surface area contributed by atoms with Crippen LogP contribution in [0.4, 0.5) is 0 Å². The summed E-state index contributed by atoms with van der Waals surface area (Å²) >= 11 is 0. The van der Waals surface area contributed by atoms with Gasteiger partial charge in [-0.15, -0.1) is 0 Å². The maximum atomic E-state index is 3.87. The molecule has 0 aliphatic heterocycles. The molecule has 2 aromatic heterocycles. The molecule has 0 aliphatic carbocycles. The van der Waals surface area contributed by atoms with Gasteiger partial charge in [0.25, 0.3) is 0 Å². The number of hydrogen-bond donors (Lipinski definition) is 0.